The largest absolute Gasteiger partial charge is 0.159 e. The maximum Gasteiger partial charge on any atom is 0.0533 e. The van der Waals surface area contributed by atoms with E-state index in [9.17, 15) is 0 Å². The molecule has 0 saturated carbocycles. The fourth-order valence-electron chi connectivity index (χ4n) is 3.94. The molecule has 21 heavy (non-hydrogen) atoms. The molecule has 2 unspecified atom stereocenters. The van der Waals surface area contributed by atoms with Crippen LogP contribution in [0.15, 0.2) is 12.4 Å². The number of fused-ring (bicyclic) bond motifs is 1. The highest BCUT2D eigenvalue weighted by atomic mass is 15.1. The molecule has 2 nitrogen and oxygen atoms in total. The number of rotatable bonds is 4. The fourth-order valence-corrected chi connectivity index (χ4v) is 3.94. The Morgan fingerprint density at radius 3 is 1.62 bits per heavy atom. The molecule has 0 fully saturated rings. The van der Waals surface area contributed by atoms with Gasteiger partial charge in [0.2, 0.25) is 0 Å². The average Bonchev–Trinajstić information content (AvgIpc) is 2.54. The van der Waals surface area contributed by atoms with Gasteiger partial charge in [-0.1, -0.05) is 58.8 Å². The van der Waals surface area contributed by atoms with E-state index in [0.29, 0.717) is 11.8 Å². The fraction of sp³-hybridized carbons (Fsp3) is 0.789. The van der Waals surface area contributed by atoms with E-state index in [1.807, 2.05) is 0 Å². The Morgan fingerprint density at radius 1 is 0.762 bits per heavy atom. The maximum atomic E-state index is 4.22. The molecule has 0 bridgehead atoms. The molecule has 0 N–H and O–H groups in total. The molecule has 1 aromatic rings. The summed E-state index contributed by atoms with van der Waals surface area (Å²) in [5.41, 5.74) is 3.04. The molecule has 2 rings (SSSR count). The summed E-state index contributed by atoms with van der Waals surface area (Å²) in [6.07, 6.45) is 19.0. The minimum Gasteiger partial charge on any atom is -0.159 e. The van der Waals surface area contributed by atoms with Crippen molar-refractivity contribution in [2.75, 3.05) is 0 Å². The summed E-state index contributed by atoms with van der Waals surface area (Å²) in [7, 11) is 0. The Balaban J connectivity index is 2.29. The van der Waals surface area contributed by atoms with Crippen LogP contribution in [0, 0.1) is 0 Å². The van der Waals surface area contributed by atoms with Crippen LogP contribution in [0.2, 0.25) is 0 Å². The van der Waals surface area contributed by atoms with Crippen LogP contribution in [0.4, 0.5) is 0 Å². The highest BCUT2D eigenvalue weighted by Crippen LogP contribution is 2.37. The van der Waals surface area contributed by atoms with Gasteiger partial charge >= 0.3 is 0 Å². The van der Waals surface area contributed by atoms with Crippen LogP contribution in [-0.4, -0.2) is 10.2 Å². The van der Waals surface area contributed by atoms with Crippen LogP contribution in [0.25, 0.3) is 0 Å². The van der Waals surface area contributed by atoms with E-state index < -0.39 is 0 Å². The Bertz CT molecular complexity index is 365. The number of nitrogens with zero attached hydrogens (tertiary/aromatic N) is 2. The van der Waals surface area contributed by atoms with E-state index >= 15 is 0 Å². The Morgan fingerprint density at radius 2 is 1.19 bits per heavy atom. The van der Waals surface area contributed by atoms with Crippen LogP contribution in [0.3, 0.4) is 0 Å². The Labute approximate surface area is 130 Å². The van der Waals surface area contributed by atoms with Crippen molar-refractivity contribution < 1.29 is 0 Å². The van der Waals surface area contributed by atoms with Crippen molar-refractivity contribution in [3.8, 4) is 0 Å². The van der Waals surface area contributed by atoms with Gasteiger partial charge in [-0.25, -0.2) is 0 Å². The topological polar surface area (TPSA) is 25.8 Å². The molecule has 2 atom stereocenters. The number of hydrogen-bond donors (Lipinski definition) is 0. The van der Waals surface area contributed by atoms with Gasteiger partial charge in [0.05, 0.1) is 12.4 Å². The highest BCUT2D eigenvalue weighted by Gasteiger charge is 2.21. The third-order valence-corrected chi connectivity index (χ3v) is 5.05. The van der Waals surface area contributed by atoms with Gasteiger partial charge in [0.25, 0.3) is 0 Å². The SMILES string of the molecule is CCCC1CCCCCCCC(CCC)c2cnncc21. The van der Waals surface area contributed by atoms with E-state index in [0.717, 1.165) is 0 Å². The van der Waals surface area contributed by atoms with Gasteiger partial charge in [0.1, 0.15) is 0 Å². The molecule has 0 aliphatic heterocycles. The Hall–Kier alpha value is -0.920. The molecule has 118 valence electrons. The van der Waals surface area contributed by atoms with E-state index in [1.54, 1.807) is 0 Å². The van der Waals surface area contributed by atoms with Gasteiger partial charge < -0.3 is 0 Å². The maximum absolute atomic E-state index is 4.22. The second kappa shape index (κ2) is 9.17. The van der Waals surface area contributed by atoms with Crippen molar-refractivity contribution >= 4 is 0 Å². The predicted octanol–water partition coefficient (Wildman–Crippen LogP) is 5.99. The lowest BCUT2D eigenvalue weighted by Crippen LogP contribution is -2.09. The first-order valence-corrected chi connectivity index (χ1v) is 9.17. The Kier molecular flexibility index (Phi) is 7.18. The summed E-state index contributed by atoms with van der Waals surface area (Å²) in [5.74, 6) is 1.41. The van der Waals surface area contributed by atoms with Crippen LogP contribution >= 0.6 is 0 Å². The normalized spacial score (nSPS) is 24.1. The smallest absolute Gasteiger partial charge is 0.0533 e. The molecule has 1 aromatic heterocycles. The predicted molar refractivity (Wildman–Crippen MR) is 89.6 cm³/mol. The van der Waals surface area contributed by atoms with E-state index in [4.69, 9.17) is 0 Å². The van der Waals surface area contributed by atoms with Crippen molar-refractivity contribution in [2.24, 2.45) is 0 Å². The van der Waals surface area contributed by atoms with Gasteiger partial charge in [-0.05, 0) is 48.6 Å². The lowest BCUT2D eigenvalue weighted by atomic mass is 9.82. The molecule has 1 aliphatic rings. The minimum absolute atomic E-state index is 0.706. The summed E-state index contributed by atoms with van der Waals surface area (Å²) in [6, 6.07) is 0. The summed E-state index contributed by atoms with van der Waals surface area (Å²) in [4.78, 5) is 0. The number of aromatic nitrogens is 2. The van der Waals surface area contributed by atoms with Crippen molar-refractivity contribution in [1.29, 1.82) is 0 Å². The van der Waals surface area contributed by atoms with Gasteiger partial charge in [0, 0.05) is 0 Å². The second-order valence-electron chi connectivity index (χ2n) is 6.72. The quantitative estimate of drug-likeness (QED) is 0.680. The molecule has 0 spiro atoms. The molecule has 0 aromatic carbocycles. The number of hydrogen-bond acceptors (Lipinski definition) is 2. The van der Waals surface area contributed by atoms with Gasteiger partial charge in [-0.3, -0.25) is 0 Å². The van der Waals surface area contributed by atoms with Gasteiger partial charge in [0.15, 0.2) is 0 Å². The van der Waals surface area contributed by atoms with Crippen LogP contribution in [0.1, 0.15) is 107 Å². The van der Waals surface area contributed by atoms with Crippen molar-refractivity contribution in [3.63, 3.8) is 0 Å². The molecule has 0 saturated heterocycles. The van der Waals surface area contributed by atoms with E-state index in [2.05, 4.69) is 36.4 Å². The third kappa shape index (κ3) is 4.79. The first-order valence-electron chi connectivity index (χ1n) is 9.17. The summed E-state index contributed by atoms with van der Waals surface area (Å²) in [5, 5.41) is 8.45. The molecule has 1 aliphatic carbocycles. The van der Waals surface area contributed by atoms with E-state index in [1.165, 1.54) is 81.8 Å². The van der Waals surface area contributed by atoms with Crippen LogP contribution < -0.4 is 0 Å². The first kappa shape index (κ1) is 16.5. The van der Waals surface area contributed by atoms with Crippen LogP contribution in [0.5, 0.6) is 0 Å². The van der Waals surface area contributed by atoms with Crippen molar-refractivity contribution in [1.82, 2.24) is 10.2 Å². The van der Waals surface area contributed by atoms with Crippen molar-refractivity contribution in [2.45, 2.75) is 96.3 Å². The highest BCUT2D eigenvalue weighted by molar-refractivity contribution is 5.28. The first-order chi connectivity index (χ1) is 10.4. The van der Waals surface area contributed by atoms with Crippen molar-refractivity contribution in [3.05, 3.63) is 23.5 Å². The lowest BCUT2D eigenvalue weighted by molar-refractivity contribution is 0.513. The molecular weight excluding hydrogens is 256 g/mol. The monoisotopic (exact) mass is 288 g/mol. The molecule has 2 heteroatoms. The molecule has 0 radical (unpaired) electrons. The lowest BCUT2D eigenvalue weighted by Gasteiger charge is -2.23. The zero-order valence-electron chi connectivity index (χ0n) is 14.0. The summed E-state index contributed by atoms with van der Waals surface area (Å²) >= 11 is 0. The second-order valence-corrected chi connectivity index (χ2v) is 6.72. The summed E-state index contributed by atoms with van der Waals surface area (Å²) in [6.45, 7) is 4.62. The van der Waals surface area contributed by atoms with Gasteiger partial charge in [-0.15, -0.1) is 0 Å². The minimum atomic E-state index is 0.706. The average molecular weight is 288 g/mol. The zero-order chi connectivity index (χ0) is 14.9. The van der Waals surface area contributed by atoms with E-state index in [-0.39, 0.29) is 0 Å². The van der Waals surface area contributed by atoms with Crippen LogP contribution in [-0.2, 0) is 0 Å². The standard InChI is InChI=1S/C19H32N2/c1-3-10-16-12-8-6-5-7-9-13-17(11-4-2)19-15-21-20-14-18(16)19/h14-17H,3-13H2,1-2H3. The third-order valence-electron chi connectivity index (χ3n) is 5.05. The molecular formula is C19H32N2. The van der Waals surface area contributed by atoms with Gasteiger partial charge in [-0.2, -0.15) is 10.2 Å². The zero-order valence-corrected chi connectivity index (χ0v) is 14.0. The molecule has 1 heterocycles. The summed E-state index contributed by atoms with van der Waals surface area (Å²) < 4.78 is 0. The molecule has 0 amide bonds.